The highest BCUT2D eigenvalue weighted by Crippen LogP contribution is 2.25. The van der Waals surface area contributed by atoms with Gasteiger partial charge >= 0.3 is 0 Å². The first-order chi connectivity index (χ1) is 12.8. The molecule has 0 fully saturated rings. The Balaban J connectivity index is 1.58. The molecule has 0 unspecified atom stereocenters. The van der Waals surface area contributed by atoms with Gasteiger partial charge in [0.25, 0.3) is 0 Å². The molecule has 0 atom stereocenters. The van der Waals surface area contributed by atoms with Crippen LogP contribution in [0.4, 0.5) is 11.5 Å². The molecule has 26 heavy (non-hydrogen) atoms. The Morgan fingerprint density at radius 2 is 1.96 bits per heavy atom. The molecule has 3 heterocycles. The summed E-state index contributed by atoms with van der Waals surface area (Å²) in [5, 5.41) is 9.28. The molecule has 2 aromatic carbocycles. The third-order valence-electron chi connectivity index (χ3n) is 4.50. The molecule has 2 N–H and O–H groups in total. The first kappa shape index (κ1) is 14.7. The normalized spacial score (nSPS) is 11.3. The molecular formula is C21H17N5. The number of benzene rings is 2. The van der Waals surface area contributed by atoms with Crippen molar-refractivity contribution in [3.8, 4) is 11.3 Å². The van der Waals surface area contributed by atoms with Gasteiger partial charge in [-0.3, -0.25) is 0 Å². The molecule has 0 aliphatic carbocycles. The number of hydrogen-bond acceptors (Lipinski definition) is 3. The van der Waals surface area contributed by atoms with Crippen LogP contribution in [-0.2, 0) is 0 Å². The van der Waals surface area contributed by atoms with Crippen molar-refractivity contribution < 1.29 is 0 Å². The summed E-state index contributed by atoms with van der Waals surface area (Å²) < 4.78 is 1.88. The van der Waals surface area contributed by atoms with Crippen LogP contribution in [0.1, 0.15) is 5.56 Å². The van der Waals surface area contributed by atoms with Crippen LogP contribution in [0, 0.1) is 6.92 Å². The second kappa shape index (κ2) is 5.74. The lowest BCUT2D eigenvalue weighted by Gasteiger charge is -2.08. The van der Waals surface area contributed by atoms with E-state index in [1.807, 2.05) is 41.2 Å². The number of nitrogens with one attached hydrogen (secondary N) is 2. The van der Waals surface area contributed by atoms with Crippen molar-refractivity contribution in [3.05, 3.63) is 78.6 Å². The van der Waals surface area contributed by atoms with Crippen LogP contribution < -0.4 is 5.32 Å². The maximum Gasteiger partial charge on any atom is 0.154 e. The Bertz CT molecular complexity index is 1230. The summed E-state index contributed by atoms with van der Waals surface area (Å²) in [6.45, 7) is 2.08. The SMILES string of the molecule is Cc1cccc(Nc2ccc3ncc(-c4ccc5[nH]ccc5c4)n3n2)c1. The Labute approximate surface area is 150 Å². The zero-order valence-electron chi connectivity index (χ0n) is 14.3. The van der Waals surface area contributed by atoms with E-state index in [4.69, 9.17) is 5.10 Å². The lowest BCUT2D eigenvalue weighted by molar-refractivity contribution is 0.949. The number of nitrogens with zero attached hydrogens (tertiary/aromatic N) is 3. The predicted molar refractivity (Wildman–Crippen MR) is 105 cm³/mol. The van der Waals surface area contributed by atoms with Gasteiger partial charge in [-0.1, -0.05) is 18.2 Å². The minimum atomic E-state index is 0.782. The second-order valence-electron chi connectivity index (χ2n) is 6.41. The molecule has 3 aromatic heterocycles. The predicted octanol–water partition coefficient (Wildman–Crippen LogP) is 4.93. The van der Waals surface area contributed by atoms with E-state index in [0.29, 0.717) is 0 Å². The molecular weight excluding hydrogens is 322 g/mol. The average Bonchev–Trinajstić information content (AvgIpc) is 3.27. The van der Waals surface area contributed by atoms with Crippen molar-refractivity contribution >= 4 is 28.1 Å². The van der Waals surface area contributed by atoms with Crippen LogP contribution in [0.15, 0.2) is 73.1 Å². The van der Waals surface area contributed by atoms with Gasteiger partial charge < -0.3 is 10.3 Å². The van der Waals surface area contributed by atoms with Crippen LogP contribution >= 0.6 is 0 Å². The van der Waals surface area contributed by atoms with Gasteiger partial charge in [-0.25, -0.2) is 9.50 Å². The number of rotatable bonds is 3. The smallest absolute Gasteiger partial charge is 0.154 e. The van der Waals surface area contributed by atoms with Crippen molar-refractivity contribution in [1.29, 1.82) is 0 Å². The van der Waals surface area contributed by atoms with E-state index < -0.39 is 0 Å². The molecule has 5 heteroatoms. The van der Waals surface area contributed by atoms with Crippen molar-refractivity contribution in [3.63, 3.8) is 0 Å². The minimum Gasteiger partial charge on any atom is -0.361 e. The number of hydrogen-bond donors (Lipinski definition) is 2. The van der Waals surface area contributed by atoms with Gasteiger partial charge in [-0.05, 0) is 55.0 Å². The van der Waals surface area contributed by atoms with Gasteiger partial charge in [0.15, 0.2) is 11.5 Å². The van der Waals surface area contributed by atoms with E-state index in [1.165, 1.54) is 10.9 Å². The van der Waals surface area contributed by atoms with Crippen molar-refractivity contribution in [1.82, 2.24) is 19.6 Å². The average molecular weight is 339 g/mol. The van der Waals surface area contributed by atoms with Crippen LogP contribution in [0.2, 0.25) is 0 Å². The highest BCUT2D eigenvalue weighted by molar-refractivity contribution is 5.84. The summed E-state index contributed by atoms with van der Waals surface area (Å²) in [6.07, 6.45) is 3.82. The van der Waals surface area contributed by atoms with E-state index in [9.17, 15) is 0 Å². The summed E-state index contributed by atoms with van der Waals surface area (Å²) in [5.41, 5.74) is 6.23. The molecule has 0 saturated heterocycles. The van der Waals surface area contributed by atoms with Gasteiger partial charge in [0.1, 0.15) is 0 Å². The molecule has 0 aliphatic rings. The largest absolute Gasteiger partial charge is 0.361 e. The quantitative estimate of drug-likeness (QED) is 0.490. The summed E-state index contributed by atoms with van der Waals surface area (Å²) in [6, 6.07) is 20.6. The summed E-state index contributed by atoms with van der Waals surface area (Å²) >= 11 is 0. The van der Waals surface area contributed by atoms with Crippen LogP contribution in [0.3, 0.4) is 0 Å². The van der Waals surface area contributed by atoms with Crippen molar-refractivity contribution in [2.75, 3.05) is 5.32 Å². The minimum absolute atomic E-state index is 0.782. The Kier molecular flexibility index (Phi) is 3.25. The maximum absolute atomic E-state index is 4.74. The third-order valence-corrected chi connectivity index (χ3v) is 4.50. The van der Waals surface area contributed by atoms with E-state index in [-0.39, 0.29) is 0 Å². The topological polar surface area (TPSA) is 58.0 Å². The Hall–Kier alpha value is -3.60. The monoisotopic (exact) mass is 339 g/mol. The molecule has 0 aliphatic heterocycles. The molecule has 0 bridgehead atoms. The number of aromatic nitrogens is 4. The number of aryl methyl sites for hydroxylation is 1. The Morgan fingerprint density at radius 3 is 2.88 bits per heavy atom. The van der Waals surface area contributed by atoms with Crippen molar-refractivity contribution in [2.45, 2.75) is 6.92 Å². The number of fused-ring (bicyclic) bond motifs is 2. The molecule has 0 radical (unpaired) electrons. The van der Waals surface area contributed by atoms with Gasteiger partial charge in [0.05, 0.1) is 11.9 Å². The van der Waals surface area contributed by atoms with E-state index in [0.717, 1.165) is 33.9 Å². The molecule has 126 valence electrons. The first-order valence-corrected chi connectivity index (χ1v) is 8.52. The van der Waals surface area contributed by atoms with Gasteiger partial charge in [-0.15, -0.1) is 5.10 Å². The lowest BCUT2D eigenvalue weighted by atomic mass is 10.1. The molecule has 0 spiro atoms. The maximum atomic E-state index is 4.74. The standard InChI is InChI=1S/C21H17N5/c1-14-3-2-4-17(11-14)24-20-7-8-21-23-13-19(26(21)25-20)16-5-6-18-15(12-16)9-10-22-18/h2-13,22H,1H3,(H,24,25). The van der Waals surface area contributed by atoms with Gasteiger partial charge in [-0.2, -0.15) is 0 Å². The zero-order chi connectivity index (χ0) is 17.5. The summed E-state index contributed by atoms with van der Waals surface area (Å²) in [5.74, 6) is 0.782. The highest BCUT2D eigenvalue weighted by atomic mass is 15.3. The molecule has 5 aromatic rings. The Morgan fingerprint density at radius 1 is 1.00 bits per heavy atom. The summed E-state index contributed by atoms with van der Waals surface area (Å²) in [7, 11) is 0. The fraction of sp³-hybridized carbons (Fsp3) is 0.0476. The molecule has 0 saturated carbocycles. The lowest BCUT2D eigenvalue weighted by Crippen LogP contribution is -2.00. The van der Waals surface area contributed by atoms with Crippen LogP contribution in [0.25, 0.3) is 27.8 Å². The van der Waals surface area contributed by atoms with E-state index in [2.05, 4.69) is 58.6 Å². The fourth-order valence-electron chi connectivity index (χ4n) is 3.22. The van der Waals surface area contributed by atoms with Gasteiger partial charge in [0.2, 0.25) is 0 Å². The zero-order valence-corrected chi connectivity index (χ0v) is 14.3. The van der Waals surface area contributed by atoms with Crippen LogP contribution in [-0.4, -0.2) is 19.6 Å². The number of H-pyrrole nitrogens is 1. The summed E-state index contributed by atoms with van der Waals surface area (Å²) in [4.78, 5) is 7.71. The van der Waals surface area contributed by atoms with E-state index in [1.54, 1.807) is 0 Å². The third kappa shape index (κ3) is 2.50. The first-order valence-electron chi connectivity index (χ1n) is 8.52. The molecule has 0 amide bonds. The van der Waals surface area contributed by atoms with E-state index >= 15 is 0 Å². The number of anilines is 2. The van der Waals surface area contributed by atoms with Gasteiger partial charge in [0, 0.05) is 28.4 Å². The molecule has 5 nitrogen and oxygen atoms in total. The number of aromatic amines is 1. The highest BCUT2D eigenvalue weighted by Gasteiger charge is 2.09. The van der Waals surface area contributed by atoms with Crippen LogP contribution in [0.5, 0.6) is 0 Å². The van der Waals surface area contributed by atoms with Crippen molar-refractivity contribution in [2.24, 2.45) is 0 Å². The fourth-order valence-corrected chi connectivity index (χ4v) is 3.22. The number of imidazole rings is 1. The second-order valence-corrected chi connectivity index (χ2v) is 6.41. The molecule has 5 rings (SSSR count).